The van der Waals surface area contributed by atoms with Crippen molar-refractivity contribution >= 4 is 27.5 Å². The monoisotopic (exact) mass is 310 g/mol. The molecule has 2 rings (SSSR count). The lowest BCUT2D eigenvalue weighted by atomic mass is 10.2. The predicted octanol–water partition coefficient (Wildman–Crippen LogP) is 3.79. The van der Waals surface area contributed by atoms with Gasteiger partial charge in [-0.25, -0.2) is 0 Å². The van der Waals surface area contributed by atoms with Gasteiger partial charge < -0.3 is 5.32 Å². The van der Waals surface area contributed by atoms with Gasteiger partial charge in [-0.3, -0.25) is 4.98 Å². The number of pyridine rings is 1. The summed E-state index contributed by atoms with van der Waals surface area (Å²) in [6.45, 7) is 1.55. The van der Waals surface area contributed by atoms with Gasteiger partial charge >= 0.3 is 0 Å². The van der Waals surface area contributed by atoms with E-state index >= 15 is 0 Å². The van der Waals surface area contributed by atoms with Crippen LogP contribution in [0, 0.1) is 0 Å². The number of halogens is 2. The van der Waals surface area contributed by atoms with Gasteiger partial charge in [-0.05, 0) is 29.8 Å². The summed E-state index contributed by atoms with van der Waals surface area (Å²) in [6, 6.07) is 11.7. The van der Waals surface area contributed by atoms with Crippen molar-refractivity contribution < 1.29 is 0 Å². The molecule has 0 atom stereocenters. The highest BCUT2D eigenvalue weighted by molar-refractivity contribution is 9.10. The van der Waals surface area contributed by atoms with Crippen molar-refractivity contribution in [3.63, 3.8) is 0 Å². The van der Waals surface area contributed by atoms with Crippen molar-refractivity contribution in [3.05, 3.63) is 63.3 Å². The molecule has 2 aromatic rings. The average Bonchev–Trinajstić information content (AvgIpc) is 2.33. The Morgan fingerprint density at radius 1 is 1.18 bits per heavy atom. The van der Waals surface area contributed by atoms with E-state index in [1.54, 1.807) is 6.20 Å². The summed E-state index contributed by atoms with van der Waals surface area (Å²) in [6.07, 6.45) is 1.80. The van der Waals surface area contributed by atoms with Crippen molar-refractivity contribution in [3.8, 4) is 0 Å². The lowest BCUT2D eigenvalue weighted by Gasteiger charge is -2.06. The second kappa shape index (κ2) is 6.15. The van der Waals surface area contributed by atoms with E-state index in [0.29, 0.717) is 0 Å². The maximum atomic E-state index is 5.89. The fourth-order valence-electron chi connectivity index (χ4n) is 1.49. The van der Waals surface area contributed by atoms with Crippen molar-refractivity contribution in [1.29, 1.82) is 0 Å². The van der Waals surface area contributed by atoms with Crippen molar-refractivity contribution in [2.45, 2.75) is 13.1 Å². The number of nitrogens with one attached hydrogen (secondary N) is 1. The molecular formula is C13H12BrClN2. The van der Waals surface area contributed by atoms with E-state index in [1.165, 1.54) is 5.56 Å². The van der Waals surface area contributed by atoms with Crippen LogP contribution in [-0.2, 0) is 13.1 Å². The molecule has 1 N–H and O–H groups in total. The third-order valence-electron chi connectivity index (χ3n) is 2.36. The fourth-order valence-corrected chi connectivity index (χ4v) is 2.32. The molecule has 0 fully saturated rings. The van der Waals surface area contributed by atoms with Crippen LogP contribution in [0.5, 0.6) is 0 Å². The summed E-state index contributed by atoms with van der Waals surface area (Å²) < 4.78 is 1.03. The van der Waals surface area contributed by atoms with Crippen molar-refractivity contribution in [2.75, 3.05) is 0 Å². The molecule has 0 radical (unpaired) electrons. The summed E-state index contributed by atoms with van der Waals surface area (Å²) in [5, 5.41) is 4.08. The zero-order valence-corrected chi connectivity index (χ0v) is 11.5. The molecule has 2 nitrogen and oxygen atoms in total. The summed E-state index contributed by atoms with van der Waals surface area (Å²) in [5.74, 6) is 0. The van der Waals surface area contributed by atoms with Gasteiger partial charge in [0.05, 0.1) is 5.69 Å². The molecule has 1 heterocycles. The maximum Gasteiger partial charge on any atom is 0.0541 e. The van der Waals surface area contributed by atoms with Crippen LogP contribution < -0.4 is 5.32 Å². The Bertz CT molecular complexity index is 488. The molecule has 0 aliphatic heterocycles. The van der Waals surface area contributed by atoms with Crippen LogP contribution in [0.15, 0.2) is 47.1 Å². The molecule has 0 saturated carbocycles. The zero-order chi connectivity index (χ0) is 12.1. The quantitative estimate of drug-likeness (QED) is 0.929. The molecule has 0 aliphatic rings. The minimum atomic E-state index is 0.741. The molecule has 1 aromatic heterocycles. The van der Waals surface area contributed by atoms with E-state index in [-0.39, 0.29) is 0 Å². The Labute approximate surface area is 114 Å². The highest BCUT2D eigenvalue weighted by Gasteiger charge is 2.00. The normalized spacial score (nSPS) is 10.5. The Morgan fingerprint density at radius 3 is 2.76 bits per heavy atom. The number of hydrogen-bond donors (Lipinski definition) is 1. The number of hydrogen-bond acceptors (Lipinski definition) is 2. The van der Waals surface area contributed by atoms with E-state index < -0.39 is 0 Å². The third kappa shape index (κ3) is 3.80. The molecule has 0 bridgehead atoms. The fraction of sp³-hybridized carbons (Fsp3) is 0.154. The van der Waals surface area contributed by atoms with Gasteiger partial charge in [0.1, 0.15) is 0 Å². The Hall–Kier alpha value is -0.900. The molecule has 0 amide bonds. The first-order chi connectivity index (χ1) is 8.25. The summed E-state index contributed by atoms with van der Waals surface area (Å²) >= 11 is 9.38. The van der Waals surface area contributed by atoms with Crippen LogP contribution in [-0.4, -0.2) is 4.98 Å². The smallest absolute Gasteiger partial charge is 0.0541 e. The highest BCUT2D eigenvalue weighted by atomic mass is 79.9. The first-order valence-electron chi connectivity index (χ1n) is 5.30. The van der Waals surface area contributed by atoms with Gasteiger partial charge in [-0.1, -0.05) is 39.7 Å². The van der Waals surface area contributed by atoms with Gasteiger partial charge in [0, 0.05) is 28.8 Å². The van der Waals surface area contributed by atoms with Crippen LogP contribution >= 0.6 is 27.5 Å². The zero-order valence-electron chi connectivity index (χ0n) is 9.16. The average molecular weight is 312 g/mol. The van der Waals surface area contributed by atoms with E-state index in [9.17, 15) is 0 Å². The molecule has 1 aromatic carbocycles. The Morgan fingerprint density at radius 2 is 2.06 bits per heavy atom. The van der Waals surface area contributed by atoms with Gasteiger partial charge in [0.15, 0.2) is 0 Å². The second-order valence-corrected chi connectivity index (χ2v) is 4.95. The summed E-state index contributed by atoms with van der Waals surface area (Å²) in [5.41, 5.74) is 2.22. The number of aromatic nitrogens is 1. The largest absolute Gasteiger partial charge is 0.307 e. The molecule has 88 valence electrons. The molecular weight excluding hydrogens is 300 g/mol. The molecule has 0 aliphatic carbocycles. The Kier molecular flexibility index (Phi) is 4.54. The summed E-state index contributed by atoms with van der Waals surface area (Å²) in [7, 11) is 0. The molecule has 0 unspecified atom stereocenters. The van der Waals surface area contributed by atoms with Crippen LogP contribution in [0.2, 0.25) is 5.02 Å². The Balaban J connectivity index is 1.90. The maximum absolute atomic E-state index is 5.89. The van der Waals surface area contributed by atoms with Gasteiger partial charge in [0.25, 0.3) is 0 Å². The van der Waals surface area contributed by atoms with E-state index in [0.717, 1.165) is 28.3 Å². The van der Waals surface area contributed by atoms with Crippen molar-refractivity contribution in [1.82, 2.24) is 10.3 Å². The van der Waals surface area contributed by atoms with Crippen LogP contribution in [0.3, 0.4) is 0 Å². The second-order valence-electron chi connectivity index (χ2n) is 3.66. The first-order valence-corrected chi connectivity index (χ1v) is 6.47. The van der Waals surface area contributed by atoms with Crippen LogP contribution in [0.1, 0.15) is 11.3 Å². The van der Waals surface area contributed by atoms with E-state index in [2.05, 4.69) is 26.2 Å². The molecule has 4 heteroatoms. The lowest BCUT2D eigenvalue weighted by Crippen LogP contribution is -2.13. The highest BCUT2D eigenvalue weighted by Crippen LogP contribution is 2.21. The first kappa shape index (κ1) is 12.6. The minimum absolute atomic E-state index is 0.741. The number of benzene rings is 1. The predicted molar refractivity (Wildman–Crippen MR) is 73.9 cm³/mol. The number of nitrogens with zero attached hydrogens (tertiary/aromatic N) is 1. The number of rotatable bonds is 4. The van der Waals surface area contributed by atoms with Gasteiger partial charge in [-0.2, -0.15) is 0 Å². The molecule has 0 saturated heterocycles. The van der Waals surface area contributed by atoms with E-state index in [1.807, 2.05) is 36.4 Å². The lowest BCUT2D eigenvalue weighted by molar-refractivity contribution is 0.678. The SMILES string of the molecule is Clc1ccc(CNCc2ccccn2)c(Br)c1. The van der Waals surface area contributed by atoms with Gasteiger partial charge in [0.2, 0.25) is 0 Å². The van der Waals surface area contributed by atoms with Crippen molar-refractivity contribution in [2.24, 2.45) is 0 Å². The molecule has 17 heavy (non-hydrogen) atoms. The van der Waals surface area contributed by atoms with Crippen LogP contribution in [0.25, 0.3) is 0 Å². The third-order valence-corrected chi connectivity index (χ3v) is 3.34. The molecule has 0 spiro atoms. The van der Waals surface area contributed by atoms with Crippen LogP contribution in [0.4, 0.5) is 0 Å². The minimum Gasteiger partial charge on any atom is -0.307 e. The standard InChI is InChI=1S/C13H12BrClN2/c14-13-7-11(15)5-4-10(13)8-16-9-12-3-1-2-6-17-12/h1-7,16H,8-9H2. The summed E-state index contributed by atoms with van der Waals surface area (Å²) in [4.78, 5) is 4.25. The topological polar surface area (TPSA) is 24.9 Å². The van der Waals surface area contributed by atoms with E-state index in [4.69, 9.17) is 11.6 Å². The van der Waals surface area contributed by atoms with Gasteiger partial charge in [-0.15, -0.1) is 0 Å².